The molecule has 1 aromatic heterocycles. The van der Waals surface area contributed by atoms with Crippen molar-refractivity contribution in [2.45, 2.75) is 6.54 Å². The van der Waals surface area contributed by atoms with Crippen molar-refractivity contribution in [2.24, 2.45) is 0 Å². The maximum atomic E-state index is 11.9. The van der Waals surface area contributed by atoms with Gasteiger partial charge in [0.2, 0.25) is 5.91 Å². The van der Waals surface area contributed by atoms with E-state index in [2.05, 4.69) is 10.3 Å². The molecule has 3 rings (SSSR count). The molecule has 0 atom stereocenters. The molecule has 0 aliphatic carbocycles. The van der Waals surface area contributed by atoms with Crippen LogP contribution in [0.5, 0.6) is 0 Å². The predicted octanol–water partition coefficient (Wildman–Crippen LogP) is 3.86. The molecule has 0 unspecified atom stereocenters. The van der Waals surface area contributed by atoms with Gasteiger partial charge in [0.05, 0.1) is 6.33 Å². The van der Waals surface area contributed by atoms with Gasteiger partial charge in [-0.1, -0.05) is 35.9 Å². The lowest BCUT2D eigenvalue weighted by atomic mass is 10.2. The lowest BCUT2D eigenvalue weighted by Gasteiger charge is -2.05. The smallest absolute Gasteiger partial charge is 0.244 e. The molecule has 0 saturated carbocycles. The quantitative estimate of drug-likeness (QED) is 0.719. The molecule has 120 valence electrons. The Hall–Kier alpha value is -2.85. The average Bonchev–Trinajstić information content (AvgIpc) is 3.14. The fraction of sp³-hybridized carbons (Fsp3) is 0.0526. The summed E-state index contributed by atoms with van der Waals surface area (Å²) in [6, 6.07) is 15.3. The molecule has 0 bridgehead atoms. The van der Waals surface area contributed by atoms with Crippen LogP contribution in [0.4, 0.5) is 0 Å². The zero-order valence-electron chi connectivity index (χ0n) is 12.9. The normalized spacial score (nSPS) is 10.9. The van der Waals surface area contributed by atoms with Crippen molar-refractivity contribution in [3.8, 4) is 5.69 Å². The highest BCUT2D eigenvalue weighted by Crippen LogP contribution is 2.11. The van der Waals surface area contributed by atoms with E-state index in [9.17, 15) is 4.79 Å². The summed E-state index contributed by atoms with van der Waals surface area (Å²) in [5.74, 6) is -0.136. The van der Waals surface area contributed by atoms with Crippen molar-refractivity contribution in [1.82, 2.24) is 14.9 Å². The predicted molar refractivity (Wildman–Crippen MR) is 95.9 cm³/mol. The van der Waals surface area contributed by atoms with Crippen molar-refractivity contribution in [1.29, 1.82) is 0 Å². The Morgan fingerprint density at radius 1 is 1.12 bits per heavy atom. The van der Waals surface area contributed by atoms with Crippen LogP contribution < -0.4 is 5.32 Å². The van der Waals surface area contributed by atoms with Gasteiger partial charge < -0.3 is 9.88 Å². The largest absolute Gasteiger partial charge is 0.348 e. The summed E-state index contributed by atoms with van der Waals surface area (Å²) in [5, 5.41) is 3.54. The molecular formula is C19H16ClN3O. The second kappa shape index (κ2) is 7.62. The number of halogens is 1. The molecule has 1 amide bonds. The molecule has 4 nitrogen and oxygen atoms in total. The van der Waals surface area contributed by atoms with Gasteiger partial charge in [-0.25, -0.2) is 4.98 Å². The van der Waals surface area contributed by atoms with Gasteiger partial charge in [-0.3, -0.25) is 4.79 Å². The molecule has 0 aliphatic rings. The SMILES string of the molecule is O=C(/C=C/c1ccc(Cl)cc1)NCc1ccc(-n2ccnc2)cc1. The number of amides is 1. The first-order chi connectivity index (χ1) is 11.7. The minimum absolute atomic E-state index is 0.136. The van der Waals surface area contributed by atoms with Crippen molar-refractivity contribution in [3.05, 3.63) is 89.5 Å². The van der Waals surface area contributed by atoms with Crippen LogP contribution >= 0.6 is 11.6 Å². The number of nitrogens with zero attached hydrogens (tertiary/aromatic N) is 2. The number of carbonyl (C=O) groups excluding carboxylic acids is 1. The molecule has 3 aromatic rings. The third-order valence-electron chi connectivity index (χ3n) is 3.50. The lowest BCUT2D eigenvalue weighted by molar-refractivity contribution is -0.116. The number of imidazole rings is 1. The van der Waals surface area contributed by atoms with Gasteiger partial charge in [0, 0.05) is 35.7 Å². The molecule has 1 heterocycles. The standard InChI is InChI=1S/C19H16ClN3O/c20-17-6-1-15(2-7-17)5-10-19(24)22-13-16-3-8-18(9-4-16)23-12-11-21-14-23/h1-12,14H,13H2,(H,22,24)/b10-5+. The van der Waals surface area contributed by atoms with Crippen LogP contribution in [0.15, 0.2) is 73.3 Å². The van der Waals surface area contributed by atoms with Gasteiger partial charge >= 0.3 is 0 Å². The first-order valence-electron chi connectivity index (χ1n) is 7.49. The first-order valence-corrected chi connectivity index (χ1v) is 7.87. The average molecular weight is 338 g/mol. The van der Waals surface area contributed by atoms with E-state index in [1.165, 1.54) is 6.08 Å². The van der Waals surface area contributed by atoms with Crippen LogP contribution in [0, 0.1) is 0 Å². The van der Waals surface area contributed by atoms with E-state index < -0.39 is 0 Å². The second-order valence-corrected chi connectivity index (χ2v) is 5.68. The Kier molecular flexibility index (Phi) is 5.08. The number of hydrogen-bond donors (Lipinski definition) is 1. The highest BCUT2D eigenvalue weighted by atomic mass is 35.5. The summed E-state index contributed by atoms with van der Waals surface area (Å²) in [6.45, 7) is 0.480. The monoisotopic (exact) mass is 337 g/mol. The van der Waals surface area contributed by atoms with Gasteiger partial charge in [0.15, 0.2) is 0 Å². The maximum absolute atomic E-state index is 11.9. The van der Waals surface area contributed by atoms with Crippen molar-refractivity contribution in [3.63, 3.8) is 0 Å². The van der Waals surface area contributed by atoms with Gasteiger partial charge in [-0.05, 0) is 41.5 Å². The Bertz CT molecular complexity index is 822. The minimum Gasteiger partial charge on any atom is -0.348 e. The summed E-state index contributed by atoms with van der Waals surface area (Å²) >= 11 is 5.83. The van der Waals surface area contributed by atoms with E-state index in [0.29, 0.717) is 11.6 Å². The van der Waals surface area contributed by atoms with E-state index in [4.69, 9.17) is 11.6 Å². The number of aromatic nitrogens is 2. The van der Waals surface area contributed by atoms with Gasteiger partial charge in [-0.2, -0.15) is 0 Å². The number of carbonyl (C=O) groups is 1. The van der Waals surface area contributed by atoms with E-state index >= 15 is 0 Å². The summed E-state index contributed by atoms with van der Waals surface area (Å²) in [4.78, 5) is 15.9. The first kappa shape index (κ1) is 16.0. The number of rotatable bonds is 5. The van der Waals surface area contributed by atoms with E-state index in [1.807, 2.05) is 47.2 Å². The number of nitrogens with one attached hydrogen (secondary N) is 1. The summed E-state index contributed by atoms with van der Waals surface area (Å²) in [5.41, 5.74) is 3.00. The third kappa shape index (κ3) is 4.33. The van der Waals surface area contributed by atoms with E-state index in [-0.39, 0.29) is 5.91 Å². The molecule has 24 heavy (non-hydrogen) atoms. The van der Waals surface area contributed by atoms with Crippen LogP contribution in [-0.2, 0) is 11.3 Å². The zero-order valence-corrected chi connectivity index (χ0v) is 13.6. The van der Waals surface area contributed by atoms with Gasteiger partial charge in [0.1, 0.15) is 0 Å². The summed E-state index contributed by atoms with van der Waals surface area (Å²) < 4.78 is 1.93. The molecule has 0 spiro atoms. The molecule has 0 fully saturated rings. The summed E-state index contributed by atoms with van der Waals surface area (Å²) in [6.07, 6.45) is 8.65. The zero-order chi connectivity index (χ0) is 16.8. The van der Waals surface area contributed by atoms with Crippen LogP contribution in [0.3, 0.4) is 0 Å². The molecule has 0 radical (unpaired) electrons. The lowest BCUT2D eigenvalue weighted by Crippen LogP contribution is -2.20. The van der Waals surface area contributed by atoms with Crippen LogP contribution in [0.25, 0.3) is 11.8 Å². The van der Waals surface area contributed by atoms with Gasteiger partial charge in [-0.15, -0.1) is 0 Å². The number of hydrogen-bond acceptors (Lipinski definition) is 2. The van der Waals surface area contributed by atoms with Crippen LogP contribution in [-0.4, -0.2) is 15.5 Å². The Morgan fingerprint density at radius 3 is 2.54 bits per heavy atom. The molecule has 5 heteroatoms. The highest BCUT2D eigenvalue weighted by molar-refractivity contribution is 6.30. The molecule has 2 aromatic carbocycles. The van der Waals surface area contributed by atoms with Gasteiger partial charge in [0.25, 0.3) is 0 Å². The molecule has 1 N–H and O–H groups in total. The van der Waals surface area contributed by atoms with Crippen LogP contribution in [0.2, 0.25) is 5.02 Å². The maximum Gasteiger partial charge on any atom is 0.244 e. The third-order valence-corrected chi connectivity index (χ3v) is 3.75. The van der Waals surface area contributed by atoms with Crippen molar-refractivity contribution >= 4 is 23.6 Å². The van der Waals surface area contributed by atoms with E-state index in [0.717, 1.165) is 16.8 Å². The topological polar surface area (TPSA) is 46.9 Å². The fourth-order valence-electron chi connectivity index (χ4n) is 2.19. The second-order valence-electron chi connectivity index (χ2n) is 5.24. The Balaban J connectivity index is 1.53. The van der Waals surface area contributed by atoms with E-state index in [1.54, 1.807) is 30.7 Å². The summed E-state index contributed by atoms with van der Waals surface area (Å²) in [7, 11) is 0. The fourth-order valence-corrected chi connectivity index (χ4v) is 2.32. The molecular weight excluding hydrogens is 322 g/mol. The Labute approximate surface area is 145 Å². The molecule has 0 aliphatic heterocycles. The highest BCUT2D eigenvalue weighted by Gasteiger charge is 1.99. The molecule has 0 saturated heterocycles. The van der Waals surface area contributed by atoms with Crippen LogP contribution in [0.1, 0.15) is 11.1 Å². The number of benzene rings is 2. The van der Waals surface area contributed by atoms with Crippen molar-refractivity contribution < 1.29 is 4.79 Å². The minimum atomic E-state index is -0.136. The Morgan fingerprint density at radius 2 is 1.88 bits per heavy atom. The van der Waals surface area contributed by atoms with Crippen molar-refractivity contribution in [2.75, 3.05) is 0 Å².